The Morgan fingerprint density at radius 1 is 0.549 bits per heavy atom. The number of nitrogens with one attached hydrogen (secondary N) is 4. The second kappa shape index (κ2) is 35.5. The van der Waals surface area contributed by atoms with Crippen molar-refractivity contribution in [2.45, 2.75) is 238 Å². The first kappa shape index (κ1) is 79.5. The fourth-order valence-corrected chi connectivity index (χ4v) is 12.8. The Balaban J connectivity index is 2.19. The summed E-state index contributed by atoms with van der Waals surface area (Å²) >= 11 is 6.34. The van der Waals surface area contributed by atoms with Crippen molar-refractivity contribution in [3.63, 3.8) is 0 Å². The molecule has 91 heavy (non-hydrogen) atoms. The molecule has 1 saturated heterocycles. The Morgan fingerprint density at radius 3 is 1.63 bits per heavy atom. The number of hydrogen-bond acceptors (Lipinski definition) is 11. The number of halogens is 4. The monoisotopic (exact) mass is 1310 g/mol. The van der Waals surface area contributed by atoms with Gasteiger partial charge in [0.25, 0.3) is 0 Å². The number of amides is 11. The number of alkyl halides is 4. The summed E-state index contributed by atoms with van der Waals surface area (Å²) in [7, 11) is 9.98. The molecule has 26 heteroatoms. The number of carbonyl (C=O) groups excluding carboxylic acids is 11. The van der Waals surface area contributed by atoms with Crippen LogP contribution in [0.25, 0.3) is 0 Å². The molecule has 0 bridgehead atoms. The number of nitrogens with zero attached hydrogens (tertiary/aromatic N) is 7. The van der Waals surface area contributed by atoms with Gasteiger partial charge in [0.2, 0.25) is 65.0 Å². The van der Waals surface area contributed by atoms with Crippen molar-refractivity contribution in [1.29, 1.82) is 0 Å². The molecule has 3 rings (SSSR count). The van der Waals surface area contributed by atoms with Gasteiger partial charge < -0.3 is 55.6 Å². The summed E-state index contributed by atoms with van der Waals surface area (Å²) in [6.07, 6.45) is 0.718. The molecule has 2 aliphatic carbocycles. The summed E-state index contributed by atoms with van der Waals surface area (Å²) in [6.45, 7) is 17.8. The van der Waals surface area contributed by atoms with E-state index in [1.165, 1.54) is 77.9 Å². The molecule has 0 aromatic rings. The lowest BCUT2D eigenvalue weighted by Gasteiger charge is -2.39. The molecule has 4 N–H and O–H groups in total. The van der Waals surface area contributed by atoms with Gasteiger partial charge in [-0.1, -0.05) is 93.9 Å². The summed E-state index contributed by atoms with van der Waals surface area (Å²) in [5.74, 6) is -10.0. The maximum Gasteiger partial charge on any atom is 0.393 e. The third-order valence-electron chi connectivity index (χ3n) is 19.0. The second-order valence-corrected chi connectivity index (χ2v) is 28.8. The summed E-state index contributed by atoms with van der Waals surface area (Å²) in [4.78, 5) is 168. The fraction of sp³-hybridized carbons (Fsp3) is 0.831. The summed E-state index contributed by atoms with van der Waals surface area (Å²) in [5, 5.41) is 10.1. The van der Waals surface area contributed by atoms with Crippen molar-refractivity contribution in [2.24, 2.45) is 41.4 Å². The summed E-state index contributed by atoms with van der Waals surface area (Å²) in [6, 6.07) is -7.90. The van der Waals surface area contributed by atoms with Crippen molar-refractivity contribution in [1.82, 2.24) is 55.6 Å². The molecule has 22 nitrogen and oxygen atoms in total. The van der Waals surface area contributed by atoms with Crippen LogP contribution in [0.15, 0.2) is 0 Å². The van der Waals surface area contributed by atoms with Crippen LogP contribution >= 0.6 is 11.6 Å². The van der Waals surface area contributed by atoms with Crippen molar-refractivity contribution >= 4 is 76.6 Å². The van der Waals surface area contributed by atoms with Crippen LogP contribution < -0.4 is 21.3 Å². The van der Waals surface area contributed by atoms with Gasteiger partial charge in [-0.2, -0.15) is 13.2 Å². The molecule has 2 saturated carbocycles. The van der Waals surface area contributed by atoms with Crippen molar-refractivity contribution in [3.8, 4) is 0 Å². The smallest absolute Gasteiger partial charge is 0.343 e. The highest BCUT2D eigenvalue weighted by atomic mass is 35.5. The van der Waals surface area contributed by atoms with Gasteiger partial charge in [-0.05, 0) is 114 Å². The van der Waals surface area contributed by atoms with Gasteiger partial charge in [0.05, 0.1) is 25.6 Å². The third-order valence-corrected chi connectivity index (χ3v) is 19.5. The van der Waals surface area contributed by atoms with E-state index >= 15 is 0 Å². The van der Waals surface area contributed by atoms with Crippen LogP contribution in [0.1, 0.15) is 179 Å². The van der Waals surface area contributed by atoms with Gasteiger partial charge in [-0.15, -0.1) is 11.6 Å². The van der Waals surface area contributed by atoms with Crippen LogP contribution in [-0.4, -0.2) is 228 Å². The fourth-order valence-electron chi connectivity index (χ4n) is 12.3. The van der Waals surface area contributed by atoms with Crippen LogP contribution in [0.5, 0.6) is 0 Å². The molecule has 3 aliphatic rings. The minimum atomic E-state index is -4.50. The molecule has 3 unspecified atom stereocenters. The SMILES string of the molecule is CC[C@H](C)[C@@H]1NC(=O)[C@H](CC(C)C)N(C)C(=O)C[C@@H](C)N(C)C(=O)[C@H](CC(C)C)NC(=O)C(C)(C)N(C)C(=O)[C@H](CC(C)C)NC(=O)[C@H](CCC2CCC(C(F)(F)F)C(Cl)C2)NC(=O)CN(C)C(=O)[C@H](CC2CCCCC2)N(C)C(=O)CN(C)C(=O)CN(C)C1=O. The molecule has 3 fully saturated rings. The Morgan fingerprint density at radius 2 is 1.09 bits per heavy atom. The van der Waals surface area contributed by atoms with Crippen molar-refractivity contribution in [2.75, 3.05) is 69.0 Å². The lowest BCUT2D eigenvalue weighted by atomic mass is 9.78. The number of likely N-dealkylation sites (N-methyl/N-ethyl adjacent to an activating group) is 7. The Kier molecular flexibility index (Phi) is 31.0. The first-order valence-electron chi connectivity index (χ1n) is 32.9. The molecular weight excluding hydrogens is 1200 g/mol. The second-order valence-electron chi connectivity index (χ2n) is 28.3. The third kappa shape index (κ3) is 23.3. The normalized spacial score (nSPS) is 28.4. The van der Waals surface area contributed by atoms with Gasteiger partial charge in [-0.25, -0.2) is 0 Å². The molecule has 0 aromatic heterocycles. The Hall–Kier alpha value is -5.75. The minimum absolute atomic E-state index is 0.00813. The van der Waals surface area contributed by atoms with E-state index in [9.17, 15) is 65.9 Å². The van der Waals surface area contributed by atoms with Gasteiger partial charge in [0, 0.05) is 67.2 Å². The number of rotatable bonds is 13. The van der Waals surface area contributed by atoms with Gasteiger partial charge >= 0.3 is 6.18 Å². The quantitative estimate of drug-likeness (QED) is 0.156. The lowest BCUT2D eigenvalue weighted by Crippen LogP contribution is -2.63. The van der Waals surface area contributed by atoms with Gasteiger partial charge in [-0.3, -0.25) is 52.7 Å². The predicted octanol–water partition coefficient (Wildman–Crippen LogP) is 5.96. The largest absolute Gasteiger partial charge is 0.393 e. The highest BCUT2D eigenvalue weighted by Crippen LogP contribution is 2.43. The molecule has 1 aliphatic heterocycles. The van der Waals surface area contributed by atoms with Crippen molar-refractivity contribution < 1.29 is 65.9 Å². The maximum atomic E-state index is 14.8. The van der Waals surface area contributed by atoms with E-state index in [4.69, 9.17) is 11.6 Å². The molecule has 11 atom stereocenters. The molecule has 520 valence electrons. The first-order valence-corrected chi connectivity index (χ1v) is 33.3. The van der Waals surface area contributed by atoms with E-state index in [-0.39, 0.29) is 93.8 Å². The average molecular weight is 1320 g/mol. The molecular formula is C65H111ClF3N11O11. The first-order chi connectivity index (χ1) is 42.1. The molecule has 0 spiro atoms. The minimum Gasteiger partial charge on any atom is -0.343 e. The van der Waals surface area contributed by atoms with E-state index in [1.807, 2.05) is 48.5 Å². The summed E-state index contributed by atoms with van der Waals surface area (Å²) < 4.78 is 41.7. The predicted molar refractivity (Wildman–Crippen MR) is 342 cm³/mol. The molecule has 0 aromatic carbocycles. The summed E-state index contributed by atoms with van der Waals surface area (Å²) in [5.41, 5.74) is -1.68. The lowest BCUT2D eigenvalue weighted by molar-refractivity contribution is -0.182. The zero-order valence-corrected chi connectivity index (χ0v) is 58.5. The molecule has 0 radical (unpaired) electrons. The van der Waals surface area contributed by atoms with E-state index in [1.54, 1.807) is 13.8 Å². The topological polar surface area (TPSA) is 259 Å². The Labute approximate surface area is 544 Å². The van der Waals surface area contributed by atoms with Gasteiger partial charge in [0.1, 0.15) is 41.8 Å². The number of hydrogen-bond donors (Lipinski definition) is 4. The van der Waals surface area contributed by atoms with Crippen LogP contribution in [-0.2, 0) is 52.7 Å². The highest BCUT2D eigenvalue weighted by molar-refractivity contribution is 6.20. The van der Waals surface area contributed by atoms with E-state index in [2.05, 4.69) is 21.3 Å². The maximum absolute atomic E-state index is 14.8. The zero-order chi connectivity index (χ0) is 69.3. The van der Waals surface area contributed by atoms with Crippen LogP contribution in [0, 0.1) is 41.4 Å². The Bertz CT molecular complexity index is 2520. The van der Waals surface area contributed by atoms with E-state index < -0.39 is 156 Å². The van der Waals surface area contributed by atoms with Crippen molar-refractivity contribution in [3.05, 3.63) is 0 Å². The average Bonchev–Trinajstić information content (AvgIpc) is 1.09. The van der Waals surface area contributed by atoms with Gasteiger partial charge in [0.15, 0.2) is 0 Å². The zero-order valence-electron chi connectivity index (χ0n) is 57.7. The van der Waals surface area contributed by atoms with E-state index in [0.29, 0.717) is 6.42 Å². The van der Waals surface area contributed by atoms with Crippen LogP contribution in [0.2, 0.25) is 0 Å². The standard InChI is InChI=1S/C65H111ClF3N11O11/c1-19-41(8)56-62(90)76(14)36-54(83)74(12)37-55(84)79(17)51(34-43-23-21-20-22-24-43)61(89)75(13)35-52(81)70-47(28-26-44-25-27-45(46(66)33-44)65(67,68)69)57(85)71-49(30-39(4)5)60(88)80(18)64(10,11)63(91)72-48(29-38(2)3)59(87)77(15)42(9)32-53(82)78(16)50(31-40(6)7)58(86)73-56/h38-51,56H,19-37H2,1-18H3,(H,70,81)(H,71,85)(H,72,91)(H,73,86)/t41-,42+,44?,45?,46?,47-,48-,49-,50-,51-,56-/m0/s1. The van der Waals surface area contributed by atoms with Crippen LogP contribution in [0.3, 0.4) is 0 Å². The van der Waals surface area contributed by atoms with E-state index in [0.717, 1.165) is 51.7 Å². The van der Waals surface area contributed by atoms with Crippen LogP contribution in [0.4, 0.5) is 13.2 Å². The molecule has 1 heterocycles. The highest BCUT2D eigenvalue weighted by Gasteiger charge is 2.48. The molecule has 11 amide bonds. The number of carbonyl (C=O) groups is 11.